The third kappa shape index (κ3) is 2.62. The van der Waals surface area contributed by atoms with Crippen LogP contribution in [0.15, 0.2) is 12.1 Å². The van der Waals surface area contributed by atoms with Crippen LogP contribution in [0.3, 0.4) is 0 Å². The molecule has 1 rings (SSSR count). The van der Waals surface area contributed by atoms with Gasteiger partial charge in [-0.25, -0.2) is 4.98 Å². The fourth-order valence-electron chi connectivity index (χ4n) is 0.868. The van der Waals surface area contributed by atoms with E-state index in [1.807, 2.05) is 0 Å². The molecule has 13 heavy (non-hydrogen) atoms. The van der Waals surface area contributed by atoms with Gasteiger partial charge in [-0.15, -0.1) is 6.42 Å². The first-order valence-electron chi connectivity index (χ1n) is 3.80. The number of aromatic nitrogens is 1. The van der Waals surface area contributed by atoms with Crippen LogP contribution in [0.25, 0.3) is 0 Å². The molecule has 0 spiro atoms. The Hall–Kier alpha value is -1.24. The molecule has 0 fully saturated rings. The number of halogens is 1. The molecule has 0 aliphatic carbocycles. The van der Waals surface area contributed by atoms with Gasteiger partial charge in [0, 0.05) is 6.54 Å². The summed E-state index contributed by atoms with van der Waals surface area (Å²) in [4.78, 5) is 4.16. The summed E-state index contributed by atoms with van der Waals surface area (Å²) in [7, 11) is 0. The Morgan fingerprint density at radius 1 is 1.62 bits per heavy atom. The van der Waals surface area contributed by atoms with Gasteiger partial charge in [0.25, 0.3) is 0 Å². The molecule has 0 aliphatic rings. The van der Waals surface area contributed by atoms with Gasteiger partial charge < -0.3 is 11.1 Å². The average Bonchev–Trinajstić information content (AvgIpc) is 2.16. The van der Waals surface area contributed by atoms with Crippen molar-refractivity contribution in [2.24, 2.45) is 5.73 Å². The molecule has 0 aliphatic heterocycles. The summed E-state index contributed by atoms with van der Waals surface area (Å²) in [5, 5.41) is 3.51. The van der Waals surface area contributed by atoms with Gasteiger partial charge in [0.15, 0.2) is 0 Å². The predicted molar refractivity (Wildman–Crippen MR) is 54.5 cm³/mol. The molecule has 1 heterocycles. The van der Waals surface area contributed by atoms with Crippen molar-refractivity contribution < 1.29 is 0 Å². The minimum Gasteiger partial charge on any atom is -0.359 e. The Bertz CT molecular complexity index is 330. The van der Waals surface area contributed by atoms with Crippen molar-refractivity contribution in [1.82, 2.24) is 4.98 Å². The standard InChI is InChI=1S/C9H10ClN3/c1-2-5-12-9-4-3-7(10)8(6-11)13-9/h1,3-4H,5-6,11H2,(H,12,13). The molecule has 0 atom stereocenters. The van der Waals surface area contributed by atoms with Gasteiger partial charge >= 0.3 is 0 Å². The first kappa shape index (κ1) is 9.85. The van der Waals surface area contributed by atoms with Crippen LogP contribution in [-0.4, -0.2) is 11.5 Å². The largest absolute Gasteiger partial charge is 0.359 e. The molecule has 0 bridgehead atoms. The highest BCUT2D eigenvalue weighted by Gasteiger charge is 2.00. The molecule has 0 aromatic carbocycles. The second kappa shape index (κ2) is 4.70. The lowest BCUT2D eigenvalue weighted by atomic mass is 10.3. The first-order chi connectivity index (χ1) is 6.27. The highest BCUT2D eigenvalue weighted by molar-refractivity contribution is 6.31. The molecule has 3 N–H and O–H groups in total. The highest BCUT2D eigenvalue weighted by atomic mass is 35.5. The lowest BCUT2D eigenvalue weighted by Gasteiger charge is -2.04. The summed E-state index contributed by atoms with van der Waals surface area (Å²) < 4.78 is 0. The number of nitrogens with zero attached hydrogens (tertiary/aromatic N) is 1. The van der Waals surface area contributed by atoms with E-state index in [1.165, 1.54) is 0 Å². The quantitative estimate of drug-likeness (QED) is 0.714. The third-order valence-corrected chi connectivity index (χ3v) is 1.83. The van der Waals surface area contributed by atoms with Crippen LogP contribution in [0.2, 0.25) is 5.02 Å². The van der Waals surface area contributed by atoms with Crippen LogP contribution in [0.5, 0.6) is 0 Å². The Labute approximate surface area is 82.3 Å². The van der Waals surface area contributed by atoms with Crippen LogP contribution >= 0.6 is 11.6 Å². The maximum atomic E-state index is 5.82. The van der Waals surface area contributed by atoms with Crippen LogP contribution in [0, 0.1) is 12.3 Å². The second-order valence-corrected chi connectivity index (χ2v) is 2.79. The van der Waals surface area contributed by atoms with E-state index < -0.39 is 0 Å². The Morgan fingerprint density at radius 2 is 2.38 bits per heavy atom. The van der Waals surface area contributed by atoms with Gasteiger partial charge in [-0.1, -0.05) is 17.5 Å². The Kier molecular flexibility index (Phi) is 3.56. The maximum Gasteiger partial charge on any atom is 0.127 e. The Morgan fingerprint density at radius 3 is 3.00 bits per heavy atom. The van der Waals surface area contributed by atoms with Gasteiger partial charge in [-0.3, -0.25) is 0 Å². The second-order valence-electron chi connectivity index (χ2n) is 2.39. The number of rotatable bonds is 3. The van der Waals surface area contributed by atoms with Crippen molar-refractivity contribution in [3.8, 4) is 12.3 Å². The summed E-state index contributed by atoms with van der Waals surface area (Å²) in [5.74, 6) is 3.15. The van der Waals surface area contributed by atoms with E-state index in [-0.39, 0.29) is 0 Å². The van der Waals surface area contributed by atoms with Crippen molar-refractivity contribution in [1.29, 1.82) is 0 Å². The molecule has 0 saturated carbocycles. The molecule has 0 saturated heterocycles. The van der Waals surface area contributed by atoms with E-state index in [0.717, 1.165) is 0 Å². The summed E-state index contributed by atoms with van der Waals surface area (Å²) in [6.07, 6.45) is 5.09. The lowest BCUT2D eigenvalue weighted by Crippen LogP contribution is -2.05. The smallest absolute Gasteiger partial charge is 0.127 e. The SMILES string of the molecule is C#CCNc1ccc(Cl)c(CN)n1. The number of terminal acetylenes is 1. The van der Waals surface area contributed by atoms with Crippen LogP contribution in [0.1, 0.15) is 5.69 Å². The van der Waals surface area contributed by atoms with Crippen molar-refractivity contribution in [2.45, 2.75) is 6.54 Å². The fraction of sp³-hybridized carbons (Fsp3) is 0.222. The fourth-order valence-corrected chi connectivity index (χ4v) is 1.05. The summed E-state index contributed by atoms with van der Waals surface area (Å²) in [6, 6.07) is 3.51. The molecule has 0 radical (unpaired) electrons. The average molecular weight is 196 g/mol. The van der Waals surface area contributed by atoms with Crippen LogP contribution in [-0.2, 0) is 6.54 Å². The van der Waals surface area contributed by atoms with Gasteiger partial charge in [-0.05, 0) is 12.1 Å². The van der Waals surface area contributed by atoms with Gasteiger partial charge in [0.2, 0.25) is 0 Å². The molecule has 0 unspecified atom stereocenters. The van der Waals surface area contributed by atoms with Gasteiger partial charge in [-0.2, -0.15) is 0 Å². The summed E-state index contributed by atoms with van der Waals surface area (Å²) in [5.41, 5.74) is 6.10. The predicted octanol–water partition coefficient (Wildman–Crippen LogP) is 1.24. The van der Waals surface area contributed by atoms with Crippen molar-refractivity contribution >= 4 is 17.4 Å². The van der Waals surface area contributed by atoms with Gasteiger partial charge in [0.05, 0.1) is 17.3 Å². The van der Waals surface area contributed by atoms with Crippen molar-refractivity contribution in [3.63, 3.8) is 0 Å². The monoisotopic (exact) mass is 195 g/mol. The molecule has 4 heteroatoms. The van der Waals surface area contributed by atoms with Gasteiger partial charge in [0.1, 0.15) is 5.82 Å². The number of pyridine rings is 1. The maximum absolute atomic E-state index is 5.82. The minimum absolute atomic E-state index is 0.324. The zero-order valence-electron chi connectivity index (χ0n) is 7.05. The molecular weight excluding hydrogens is 186 g/mol. The lowest BCUT2D eigenvalue weighted by molar-refractivity contribution is 0.989. The summed E-state index contributed by atoms with van der Waals surface area (Å²) >= 11 is 5.82. The number of nitrogens with one attached hydrogen (secondary N) is 1. The molecule has 68 valence electrons. The number of nitrogens with two attached hydrogens (primary N) is 1. The molecule has 1 aromatic heterocycles. The van der Waals surface area contributed by atoms with E-state index in [4.69, 9.17) is 23.8 Å². The molecule has 1 aromatic rings. The normalized spacial score (nSPS) is 9.31. The van der Waals surface area contributed by atoms with Crippen molar-refractivity contribution in [3.05, 3.63) is 22.8 Å². The molecule has 0 amide bonds. The zero-order valence-corrected chi connectivity index (χ0v) is 7.80. The van der Waals surface area contributed by atoms with E-state index >= 15 is 0 Å². The van der Waals surface area contributed by atoms with E-state index in [2.05, 4.69) is 16.2 Å². The van der Waals surface area contributed by atoms with Crippen LogP contribution in [0.4, 0.5) is 5.82 Å². The number of anilines is 1. The first-order valence-corrected chi connectivity index (χ1v) is 4.18. The summed E-state index contributed by atoms with van der Waals surface area (Å²) in [6.45, 7) is 0.767. The Balaban J connectivity index is 2.81. The van der Waals surface area contributed by atoms with E-state index in [1.54, 1.807) is 12.1 Å². The van der Waals surface area contributed by atoms with Crippen molar-refractivity contribution in [2.75, 3.05) is 11.9 Å². The number of hydrogen-bond donors (Lipinski definition) is 2. The topological polar surface area (TPSA) is 50.9 Å². The van der Waals surface area contributed by atoms with E-state index in [0.29, 0.717) is 29.6 Å². The molecule has 3 nitrogen and oxygen atoms in total. The third-order valence-electron chi connectivity index (χ3n) is 1.48. The highest BCUT2D eigenvalue weighted by Crippen LogP contribution is 2.15. The van der Waals surface area contributed by atoms with Crippen LogP contribution < -0.4 is 11.1 Å². The zero-order chi connectivity index (χ0) is 9.68. The number of hydrogen-bond acceptors (Lipinski definition) is 3. The molecular formula is C9H10ClN3. The van der Waals surface area contributed by atoms with E-state index in [9.17, 15) is 0 Å². The minimum atomic E-state index is 0.324.